The highest BCUT2D eigenvalue weighted by Gasteiger charge is 2.13. The van der Waals surface area contributed by atoms with E-state index in [1.54, 1.807) is 24.3 Å². The molecule has 3 rings (SSSR count). The van der Waals surface area contributed by atoms with Crippen LogP contribution in [0.5, 0.6) is 0 Å². The topological polar surface area (TPSA) is 66.9 Å². The number of anilines is 3. The summed E-state index contributed by atoms with van der Waals surface area (Å²) in [6.45, 7) is 6.51. The second-order valence-corrected chi connectivity index (χ2v) is 7.59. The normalized spacial score (nSPS) is 11.1. The van der Waals surface area contributed by atoms with E-state index in [4.69, 9.17) is 11.6 Å². The van der Waals surface area contributed by atoms with E-state index in [-0.39, 0.29) is 11.3 Å². The number of aromatic nitrogens is 2. The minimum atomic E-state index is -0.316. The lowest BCUT2D eigenvalue weighted by molar-refractivity contribution is 0.102. The number of benzene rings is 2. The molecule has 2 N–H and O–H groups in total. The highest BCUT2D eigenvalue weighted by molar-refractivity contribution is 6.33. The zero-order chi connectivity index (χ0) is 19.4. The van der Waals surface area contributed by atoms with Gasteiger partial charge >= 0.3 is 0 Å². The van der Waals surface area contributed by atoms with Crippen LogP contribution < -0.4 is 10.6 Å². The summed E-state index contributed by atoms with van der Waals surface area (Å²) in [6.07, 6.45) is 2.95. The molecule has 1 heterocycles. The Kier molecular flexibility index (Phi) is 5.42. The van der Waals surface area contributed by atoms with Crippen molar-refractivity contribution in [2.75, 3.05) is 10.6 Å². The molecule has 2 aromatic carbocycles. The van der Waals surface area contributed by atoms with Crippen molar-refractivity contribution in [3.8, 4) is 0 Å². The van der Waals surface area contributed by atoms with E-state index in [0.29, 0.717) is 22.2 Å². The molecule has 0 atom stereocenters. The van der Waals surface area contributed by atoms with Crippen molar-refractivity contribution in [3.05, 3.63) is 77.1 Å². The summed E-state index contributed by atoms with van der Waals surface area (Å²) >= 11 is 6.05. The summed E-state index contributed by atoms with van der Waals surface area (Å²) in [4.78, 5) is 20.7. The highest BCUT2D eigenvalue weighted by atomic mass is 35.5. The molecular weight excluding hydrogens is 360 g/mol. The lowest BCUT2D eigenvalue weighted by Crippen LogP contribution is -2.13. The third kappa shape index (κ3) is 4.83. The molecule has 1 aromatic heterocycles. The van der Waals surface area contributed by atoms with Crippen LogP contribution in [0.3, 0.4) is 0 Å². The van der Waals surface area contributed by atoms with Gasteiger partial charge in [0, 0.05) is 18.1 Å². The van der Waals surface area contributed by atoms with Crippen LogP contribution in [0.15, 0.2) is 60.9 Å². The van der Waals surface area contributed by atoms with Crippen LogP contribution in [-0.4, -0.2) is 15.9 Å². The molecule has 138 valence electrons. The van der Waals surface area contributed by atoms with Gasteiger partial charge in [-0.25, -0.2) is 9.97 Å². The van der Waals surface area contributed by atoms with Gasteiger partial charge in [-0.05, 0) is 35.2 Å². The van der Waals surface area contributed by atoms with Crippen molar-refractivity contribution < 1.29 is 4.79 Å². The Morgan fingerprint density at radius 1 is 0.963 bits per heavy atom. The number of carbonyl (C=O) groups excluding carboxylic acids is 1. The molecule has 1 amide bonds. The fourth-order valence-electron chi connectivity index (χ4n) is 2.45. The van der Waals surface area contributed by atoms with Gasteiger partial charge in [0.15, 0.2) is 0 Å². The van der Waals surface area contributed by atoms with Crippen molar-refractivity contribution in [2.45, 2.75) is 26.2 Å². The lowest BCUT2D eigenvalue weighted by atomic mass is 9.87. The van der Waals surface area contributed by atoms with Gasteiger partial charge in [0.2, 0.25) is 5.95 Å². The highest BCUT2D eigenvalue weighted by Crippen LogP contribution is 2.24. The summed E-state index contributed by atoms with van der Waals surface area (Å²) in [5.74, 6) is 0.108. The van der Waals surface area contributed by atoms with Crippen molar-refractivity contribution in [3.63, 3.8) is 0 Å². The van der Waals surface area contributed by atoms with Crippen LogP contribution in [0.1, 0.15) is 36.7 Å². The quantitative estimate of drug-likeness (QED) is 0.633. The van der Waals surface area contributed by atoms with E-state index in [1.165, 1.54) is 18.0 Å². The van der Waals surface area contributed by atoms with Gasteiger partial charge in [-0.3, -0.25) is 4.79 Å². The molecule has 27 heavy (non-hydrogen) atoms. The van der Waals surface area contributed by atoms with Gasteiger partial charge in [-0.1, -0.05) is 56.6 Å². The number of nitrogens with one attached hydrogen (secondary N) is 2. The maximum atomic E-state index is 12.3. The Morgan fingerprint density at radius 2 is 1.59 bits per heavy atom. The average molecular weight is 381 g/mol. The average Bonchev–Trinajstić information content (AvgIpc) is 2.64. The minimum absolute atomic E-state index is 0.103. The molecule has 6 heteroatoms. The molecule has 0 aliphatic carbocycles. The van der Waals surface area contributed by atoms with E-state index < -0.39 is 0 Å². The number of hydrogen-bond donors (Lipinski definition) is 2. The number of carbonyl (C=O) groups is 1. The van der Waals surface area contributed by atoms with E-state index >= 15 is 0 Å². The maximum Gasteiger partial charge on any atom is 0.258 e. The van der Waals surface area contributed by atoms with Gasteiger partial charge in [0.25, 0.3) is 5.91 Å². The zero-order valence-electron chi connectivity index (χ0n) is 15.5. The van der Waals surface area contributed by atoms with Crippen LogP contribution in [0, 0.1) is 0 Å². The lowest BCUT2D eigenvalue weighted by Gasteiger charge is -2.19. The predicted molar refractivity (Wildman–Crippen MR) is 110 cm³/mol. The van der Waals surface area contributed by atoms with Crippen molar-refractivity contribution >= 4 is 34.8 Å². The number of hydrogen-bond acceptors (Lipinski definition) is 4. The Balaban J connectivity index is 1.66. The summed E-state index contributed by atoms with van der Waals surface area (Å²) < 4.78 is 0. The molecular formula is C21H21ClN4O. The van der Waals surface area contributed by atoms with E-state index in [1.807, 2.05) is 12.1 Å². The molecule has 3 aromatic rings. The summed E-state index contributed by atoms with van der Waals surface area (Å²) in [6, 6.07) is 15.2. The van der Waals surface area contributed by atoms with Crippen LogP contribution >= 0.6 is 11.6 Å². The van der Waals surface area contributed by atoms with Crippen LogP contribution in [0.4, 0.5) is 17.3 Å². The zero-order valence-corrected chi connectivity index (χ0v) is 16.2. The fraction of sp³-hybridized carbons (Fsp3) is 0.190. The first-order chi connectivity index (χ1) is 12.8. The van der Waals surface area contributed by atoms with Crippen molar-refractivity contribution in [2.24, 2.45) is 0 Å². The SMILES string of the molecule is CC(C)(C)c1ccc(Nc2ncc(C(=O)Nc3ccccc3Cl)cn2)cc1. The predicted octanol–water partition coefficient (Wildman–Crippen LogP) is 5.42. The molecule has 0 aliphatic heterocycles. The maximum absolute atomic E-state index is 12.3. The van der Waals surface area contributed by atoms with E-state index in [9.17, 15) is 4.79 Å². The molecule has 0 radical (unpaired) electrons. The first-order valence-electron chi connectivity index (χ1n) is 8.58. The summed E-state index contributed by atoms with van der Waals surface area (Å²) in [5, 5.41) is 6.35. The fourth-order valence-corrected chi connectivity index (χ4v) is 2.63. The third-order valence-electron chi connectivity index (χ3n) is 4.04. The Morgan fingerprint density at radius 3 is 2.19 bits per heavy atom. The molecule has 0 spiro atoms. The minimum Gasteiger partial charge on any atom is -0.324 e. The molecule has 5 nitrogen and oxygen atoms in total. The van der Waals surface area contributed by atoms with E-state index in [0.717, 1.165) is 5.69 Å². The number of rotatable bonds is 4. The van der Waals surface area contributed by atoms with Gasteiger partial charge in [-0.2, -0.15) is 0 Å². The summed E-state index contributed by atoms with van der Waals surface area (Å²) in [5.41, 5.74) is 3.14. The van der Waals surface area contributed by atoms with Crippen LogP contribution in [0.25, 0.3) is 0 Å². The number of para-hydroxylation sites is 1. The molecule has 0 unspecified atom stereocenters. The van der Waals surface area contributed by atoms with Gasteiger partial charge in [-0.15, -0.1) is 0 Å². The van der Waals surface area contributed by atoms with Gasteiger partial charge < -0.3 is 10.6 Å². The first-order valence-corrected chi connectivity index (χ1v) is 8.96. The van der Waals surface area contributed by atoms with Gasteiger partial charge in [0.05, 0.1) is 16.3 Å². The Labute approximate surface area is 163 Å². The van der Waals surface area contributed by atoms with Crippen molar-refractivity contribution in [1.82, 2.24) is 9.97 Å². The first kappa shape index (κ1) is 18.9. The number of amides is 1. The molecule has 0 fully saturated rings. The Hall–Kier alpha value is -2.92. The molecule has 0 saturated carbocycles. The van der Waals surface area contributed by atoms with Crippen molar-refractivity contribution in [1.29, 1.82) is 0 Å². The largest absolute Gasteiger partial charge is 0.324 e. The molecule has 0 saturated heterocycles. The second-order valence-electron chi connectivity index (χ2n) is 7.18. The van der Waals surface area contributed by atoms with Crippen LogP contribution in [-0.2, 0) is 5.41 Å². The molecule has 0 aliphatic rings. The third-order valence-corrected chi connectivity index (χ3v) is 4.37. The van der Waals surface area contributed by atoms with Crippen LogP contribution in [0.2, 0.25) is 5.02 Å². The second kappa shape index (κ2) is 7.76. The standard InChI is InChI=1S/C21H21ClN4O/c1-21(2,3)15-8-10-16(11-9-15)25-20-23-12-14(13-24-20)19(27)26-18-7-5-4-6-17(18)22/h4-13H,1-3H3,(H,26,27)(H,23,24,25). The van der Waals surface area contributed by atoms with E-state index in [2.05, 4.69) is 53.5 Å². The Bertz CT molecular complexity index is 932. The summed E-state index contributed by atoms with van der Waals surface area (Å²) in [7, 11) is 0. The van der Waals surface area contributed by atoms with Gasteiger partial charge in [0.1, 0.15) is 0 Å². The molecule has 0 bridgehead atoms. The monoisotopic (exact) mass is 380 g/mol. The smallest absolute Gasteiger partial charge is 0.258 e. The number of halogens is 1. The number of nitrogens with zero attached hydrogens (tertiary/aromatic N) is 2.